The molecule has 2 aliphatic carbocycles. The molecular weight excluding hydrogens is 251 g/mol. The fraction of sp³-hybridized carbons (Fsp3) is 0.273. The van der Waals surface area contributed by atoms with Gasteiger partial charge in [0, 0.05) is 0 Å². The topological polar surface area (TPSA) is 0 Å². The van der Waals surface area contributed by atoms with Crippen LogP contribution in [-0.4, -0.2) is 0 Å². The van der Waals surface area contributed by atoms with Crippen molar-refractivity contribution in [3.8, 4) is 0 Å². The van der Waals surface area contributed by atoms with Crippen LogP contribution < -0.4 is 24.8 Å². The fourth-order valence-corrected chi connectivity index (χ4v) is 1.54. The number of rotatable bonds is 2. The normalized spacial score (nSPS) is 16.3. The van der Waals surface area contributed by atoms with Crippen molar-refractivity contribution in [3.63, 3.8) is 0 Å². The third-order valence-electron chi connectivity index (χ3n) is 2.15. The van der Waals surface area contributed by atoms with E-state index in [1.807, 2.05) is 0 Å². The zero-order valence-corrected chi connectivity index (χ0v) is 10.9. The monoisotopic (exact) mass is 262 g/mol. The average molecular weight is 263 g/mol. The molecule has 0 bridgehead atoms. The maximum atomic E-state index is 2.24. The molecule has 0 amide bonds. The van der Waals surface area contributed by atoms with Gasteiger partial charge in [0.2, 0.25) is 0 Å². The van der Waals surface area contributed by atoms with Crippen molar-refractivity contribution < 1.29 is 46.5 Å². The Hall–Kier alpha value is 0.254. The molecule has 0 spiro atoms. The van der Waals surface area contributed by atoms with Gasteiger partial charge in [-0.2, -0.15) is 0 Å². The van der Waals surface area contributed by atoms with Crippen molar-refractivity contribution in [2.75, 3.05) is 0 Å². The van der Waals surface area contributed by atoms with E-state index in [-0.39, 0.29) is 46.5 Å². The molecule has 0 nitrogen and oxygen atoms in total. The van der Waals surface area contributed by atoms with Gasteiger partial charge < -0.3 is 24.8 Å². The number of halogens is 2. The molecule has 0 unspecified atom stereocenters. The van der Waals surface area contributed by atoms with E-state index in [0.29, 0.717) is 0 Å². The van der Waals surface area contributed by atoms with Gasteiger partial charge in [0.05, 0.1) is 0 Å². The van der Waals surface area contributed by atoms with Crippen LogP contribution in [0.15, 0.2) is 47.6 Å². The zero-order chi connectivity index (χ0) is 7.52. The number of allylic oxidation sites excluding steroid dienone is 8. The van der Waals surface area contributed by atoms with Crippen LogP contribution in [0.5, 0.6) is 0 Å². The summed E-state index contributed by atoms with van der Waals surface area (Å²) in [5.41, 5.74) is 3.11. The minimum atomic E-state index is 0. The van der Waals surface area contributed by atoms with E-state index in [9.17, 15) is 0 Å². The van der Waals surface area contributed by atoms with E-state index in [0.717, 1.165) is 12.8 Å². The summed E-state index contributed by atoms with van der Waals surface area (Å²) in [5.74, 6) is 0. The van der Waals surface area contributed by atoms with Crippen LogP contribution >= 0.6 is 0 Å². The first-order valence-electron chi connectivity index (χ1n) is 4.14. The van der Waals surface area contributed by atoms with Crippen molar-refractivity contribution in [1.82, 2.24) is 0 Å². The second kappa shape index (κ2) is 8.55. The average Bonchev–Trinajstić information content (AvgIpc) is 2.60. The van der Waals surface area contributed by atoms with E-state index in [2.05, 4.69) is 36.5 Å². The molecule has 3 heteroatoms. The third-order valence-corrected chi connectivity index (χ3v) is 2.15. The van der Waals surface area contributed by atoms with Crippen molar-refractivity contribution >= 4 is 0 Å². The van der Waals surface area contributed by atoms with Crippen LogP contribution in [0.1, 0.15) is 19.3 Å². The van der Waals surface area contributed by atoms with Gasteiger partial charge in [-0.3, -0.25) is 0 Å². The molecular formula is C11H12Cl2Ti. The molecule has 14 heavy (non-hydrogen) atoms. The third kappa shape index (κ3) is 4.66. The first kappa shape index (κ1) is 16.7. The molecule has 2 rings (SSSR count). The molecule has 0 aliphatic heterocycles. The second-order valence-corrected chi connectivity index (χ2v) is 3.09. The van der Waals surface area contributed by atoms with Gasteiger partial charge in [-0.1, -0.05) is 47.6 Å². The van der Waals surface area contributed by atoms with E-state index in [1.165, 1.54) is 6.42 Å². The molecule has 0 atom stereocenters. The van der Waals surface area contributed by atoms with Gasteiger partial charge >= 0.3 is 21.7 Å². The molecule has 2 aliphatic rings. The van der Waals surface area contributed by atoms with Crippen molar-refractivity contribution in [2.45, 2.75) is 19.3 Å². The van der Waals surface area contributed by atoms with Crippen molar-refractivity contribution in [3.05, 3.63) is 47.6 Å². The Labute approximate surface area is 113 Å². The molecule has 0 aromatic heterocycles. The van der Waals surface area contributed by atoms with E-state index < -0.39 is 0 Å². The Balaban J connectivity index is 0. The van der Waals surface area contributed by atoms with Crippen LogP contribution in [0, 0.1) is 0 Å². The van der Waals surface area contributed by atoms with Gasteiger partial charge in [-0.25, -0.2) is 0 Å². The SMILES string of the molecule is C1=CCC(CC2=CC=CC2)=C1.[Cl-].[Cl-].[Ti+2]. The maximum absolute atomic E-state index is 2.24. The minimum absolute atomic E-state index is 0. The Morgan fingerprint density at radius 3 is 1.57 bits per heavy atom. The van der Waals surface area contributed by atoms with Crippen LogP contribution in [0.3, 0.4) is 0 Å². The smallest absolute Gasteiger partial charge is 1.00 e. The Kier molecular flexibility index (Phi) is 10.2. The first-order chi connectivity index (χ1) is 5.45. The molecule has 0 heterocycles. The van der Waals surface area contributed by atoms with Crippen molar-refractivity contribution in [1.29, 1.82) is 0 Å². The van der Waals surface area contributed by atoms with Gasteiger partial charge in [0.25, 0.3) is 0 Å². The van der Waals surface area contributed by atoms with Crippen LogP contribution in [0.25, 0.3) is 0 Å². The van der Waals surface area contributed by atoms with Gasteiger partial charge in [0.1, 0.15) is 0 Å². The molecule has 74 valence electrons. The molecule has 0 aromatic carbocycles. The first-order valence-corrected chi connectivity index (χ1v) is 4.14. The second-order valence-electron chi connectivity index (χ2n) is 3.09. The molecule has 0 N–H and O–H groups in total. The predicted molar refractivity (Wildman–Crippen MR) is 48.3 cm³/mol. The summed E-state index contributed by atoms with van der Waals surface area (Å²) in [6.07, 6.45) is 16.7. The molecule has 0 saturated carbocycles. The van der Waals surface area contributed by atoms with Gasteiger partial charge in [0.15, 0.2) is 0 Å². The number of hydrogen-bond acceptors (Lipinski definition) is 0. The van der Waals surface area contributed by atoms with Crippen LogP contribution in [0.4, 0.5) is 0 Å². The fourth-order valence-electron chi connectivity index (χ4n) is 1.54. The summed E-state index contributed by atoms with van der Waals surface area (Å²) >= 11 is 0. The zero-order valence-electron chi connectivity index (χ0n) is 7.84. The van der Waals surface area contributed by atoms with E-state index in [4.69, 9.17) is 0 Å². The summed E-state index contributed by atoms with van der Waals surface area (Å²) in [7, 11) is 0. The van der Waals surface area contributed by atoms with Crippen LogP contribution in [-0.2, 0) is 21.7 Å². The largest absolute Gasteiger partial charge is 2.00 e. The van der Waals surface area contributed by atoms with E-state index in [1.54, 1.807) is 11.1 Å². The molecule has 0 aromatic rings. The molecule has 0 radical (unpaired) electrons. The summed E-state index contributed by atoms with van der Waals surface area (Å²) in [5, 5.41) is 0. The summed E-state index contributed by atoms with van der Waals surface area (Å²) in [6, 6.07) is 0. The summed E-state index contributed by atoms with van der Waals surface area (Å²) in [4.78, 5) is 0. The molecule has 0 saturated heterocycles. The van der Waals surface area contributed by atoms with Crippen LogP contribution in [0.2, 0.25) is 0 Å². The maximum Gasteiger partial charge on any atom is 2.00 e. The van der Waals surface area contributed by atoms with E-state index >= 15 is 0 Å². The van der Waals surface area contributed by atoms with Crippen molar-refractivity contribution in [2.24, 2.45) is 0 Å². The predicted octanol–water partition coefficient (Wildman–Crippen LogP) is -2.85. The molecule has 0 fully saturated rings. The quantitative estimate of drug-likeness (QED) is 0.471. The summed E-state index contributed by atoms with van der Waals surface area (Å²) < 4.78 is 0. The Morgan fingerprint density at radius 2 is 1.29 bits per heavy atom. The summed E-state index contributed by atoms with van der Waals surface area (Å²) in [6.45, 7) is 0. The van der Waals surface area contributed by atoms with Gasteiger partial charge in [-0.15, -0.1) is 0 Å². The standard InChI is InChI=1S/C11H12.2ClH.Ti/c1-2-6-10(5-1)9-11-7-3-4-8-11;;;/h1-5,7H,6,8-9H2;2*1H;/q;;;+2/p-2. The Bertz CT molecular complexity index is 247. The van der Waals surface area contributed by atoms with Gasteiger partial charge in [-0.05, 0) is 19.3 Å². The minimum Gasteiger partial charge on any atom is -1.00 e. The number of hydrogen-bond donors (Lipinski definition) is 0. The Morgan fingerprint density at radius 1 is 0.857 bits per heavy atom.